The third-order valence-corrected chi connectivity index (χ3v) is 5.13. The molecule has 2 N–H and O–H groups in total. The van der Waals surface area contributed by atoms with Crippen molar-refractivity contribution in [1.29, 1.82) is 0 Å². The highest BCUT2D eigenvalue weighted by Crippen LogP contribution is 2.20. The van der Waals surface area contributed by atoms with Gasteiger partial charge < -0.3 is 15.2 Å². The predicted octanol–water partition coefficient (Wildman–Crippen LogP) is 2.75. The van der Waals surface area contributed by atoms with Crippen molar-refractivity contribution in [3.05, 3.63) is 64.6 Å². The van der Waals surface area contributed by atoms with Crippen molar-refractivity contribution >= 4 is 22.6 Å². The number of aromatic amines is 1. The number of H-pyrrole nitrogens is 1. The number of hydrogen-bond donors (Lipinski definition) is 2. The SMILES string of the molecule is O=C(NCCCn1c(=O)[nH]c2ccccc21)c1ccc(N2CCCC2)cc1. The fourth-order valence-corrected chi connectivity index (χ4v) is 3.67. The number of para-hydroxylation sites is 2. The van der Waals surface area contributed by atoms with Gasteiger partial charge >= 0.3 is 5.69 Å². The van der Waals surface area contributed by atoms with Crippen LogP contribution in [0.25, 0.3) is 11.0 Å². The Morgan fingerprint density at radius 1 is 1.04 bits per heavy atom. The number of carbonyl (C=O) groups is 1. The first-order valence-corrected chi connectivity index (χ1v) is 9.53. The molecule has 1 amide bonds. The normalized spacial score (nSPS) is 14.0. The minimum absolute atomic E-state index is 0.0748. The summed E-state index contributed by atoms with van der Waals surface area (Å²) in [5, 5.41) is 2.94. The van der Waals surface area contributed by atoms with Crippen LogP contribution in [-0.4, -0.2) is 35.1 Å². The van der Waals surface area contributed by atoms with Crippen LogP contribution >= 0.6 is 0 Å². The van der Waals surface area contributed by atoms with Crippen LogP contribution in [0, 0.1) is 0 Å². The molecule has 0 bridgehead atoms. The molecule has 2 heterocycles. The Hall–Kier alpha value is -3.02. The van der Waals surface area contributed by atoms with Gasteiger partial charge in [0, 0.05) is 37.4 Å². The number of aryl methyl sites for hydroxylation is 1. The molecule has 6 heteroatoms. The molecular formula is C21H24N4O2. The second kappa shape index (κ2) is 7.70. The number of anilines is 1. The Balaban J connectivity index is 1.30. The van der Waals surface area contributed by atoms with Gasteiger partial charge in [0.2, 0.25) is 0 Å². The summed E-state index contributed by atoms with van der Waals surface area (Å²) in [4.78, 5) is 29.6. The molecule has 2 aromatic carbocycles. The summed E-state index contributed by atoms with van der Waals surface area (Å²) in [6.45, 7) is 3.28. The molecule has 3 aromatic rings. The number of carbonyl (C=O) groups excluding carboxylic acids is 1. The molecule has 1 aliphatic rings. The van der Waals surface area contributed by atoms with E-state index in [1.165, 1.54) is 18.5 Å². The lowest BCUT2D eigenvalue weighted by atomic mass is 10.2. The van der Waals surface area contributed by atoms with E-state index in [2.05, 4.69) is 15.2 Å². The van der Waals surface area contributed by atoms with Crippen LogP contribution in [0.3, 0.4) is 0 Å². The molecular weight excluding hydrogens is 340 g/mol. The monoisotopic (exact) mass is 364 g/mol. The summed E-state index contributed by atoms with van der Waals surface area (Å²) in [6, 6.07) is 15.4. The molecule has 140 valence electrons. The zero-order valence-electron chi connectivity index (χ0n) is 15.3. The second-order valence-corrected chi connectivity index (χ2v) is 6.95. The lowest BCUT2D eigenvalue weighted by Crippen LogP contribution is -2.26. The molecule has 27 heavy (non-hydrogen) atoms. The van der Waals surface area contributed by atoms with Gasteiger partial charge in [0.1, 0.15) is 0 Å². The molecule has 0 radical (unpaired) electrons. The standard InChI is InChI=1S/C21H24N4O2/c26-20(16-8-10-17(11-9-16)24-13-3-4-14-24)22-12-5-15-25-19-7-2-1-6-18(19)23-21(25)27/h1-2,6-11H,3-5,12-15H2,(H,22,26)(H,23,27). The van der Waals surface area contributed by atoms with E-state index >= 15 is 0 Å². The number of rotatable bonds is 6. The predicted molar refractivity (Wildman–Crippen MR) is 107 cm³/mol. The van der Waals surface area contributed by atoms with Gasteiger partial charge in [-0.3, -0.25) is 9.36 Å². The van der Waals surface area contributed by atoms with Gasteiger partial charge in [0.15, 0.2) is 0 Å². The fraction of sp³-hybridized carbons (Fsp3) is 0.333. The first-order valence-electron chi connectivity index (χ1n) is 9.53. The van der Waals surface area contributed by atoms with Gasteiger partial charge in [-0.15, -0.1) is 0 Å². The average molecular weight is 364 g/mol. The average Bonchev–Trinajstić information content (AvgIpc) is 3.33. The zero-order chi connectivity index (χ0) is 18.6. The summed E-state index contributed by atoms with van der Waals surface area (Å²) in [6.07, 6.45) is 3.17. The number of amides is 1. The highest BCUT2D eigenvalue weighted by Gasteiger charge is 2.13. The van der Waals surface area contributed by atoms with E-state index in [9.17, 15) is 9.59 Å². The van der Waals surface area contributed by atoms with Crippen molar-refractivity contribution in [2.75, 3.05) is 24.5 Å². The van der Waals surface area contributed by atoms with Gasteiger partial charge in [-0.05, 0) is 55.7 Å². The number of benzene rings is 2. The Kier molecular flexibility index (Phi) is 4.96. The van der Waals surface area contributed by atoms with Crippen LogP contribution in [0.1, 0.15) is 29.6 Å². The van der Waals surface area contributed by atoms with Crippen molar-refractivity contribution in [3.63, 3.8) is 0 Å². The number of nitrogens with one attached hydrogen (secondary N) is 2. The zero-order valence-corrected chi connectivity index (χ0v) is 15.3. The smallest absolute Gasteiger partial charge is 0.326 e. The molecule has 0 spiro atoms. The highest BCUT2D eigenvalue weighted by atomic mass is 16.2. The van der Waals surface area contributed by atoms with Crippen LogP contribution in [0.2, 0.25) is 0 Å². The summed E-state index contributed by atoms with van der Waals surface area (Å²) < 4.78 is 1.71. The van der Waals surface area contributed by atoms with Gasteiger partial charge in [0.25, 0.3) is 5.91 Å². The van der Waals surface area contributed by atoms with Crippen LogP contribution in [0.5, 0.6) is 0 Å². The molecule has 1 saturated heterocycles. The maximum absolute atomic E-state index is 12.3. The fourth-order valence-electron chi connectivity index (χ4n) is 3.67. The summed E-state index contributed by atoms with van der Waals surface area (Å²) in [5.74, 6) is -0.0748. The number of hydrogen-bond acceptors (Lipinski definition) is 3. The van der Waals surface area contributed by atoms with E-state index in [4.69, 9.17) is 0 Å². The van der Waals surface area contributed by atoms with Crippen LogP contribution < -0.4 is 15.9 Å². The molecule has 0 atom stereocenters. The van der Waals surface area contributed by atoms with Gasteiger partial charge in [0.05, 0.1) is 11.0 Å². The maximum Gasteiger partial charge on any atom is 0.326 e. The van der Waals surface area contributed by atoms with Crippen molar-refractivity contribution in [2.45, 2.75) is 25.8 Å². The quantitative estimate of drug-likeness (QED) is 0.661. The van der Waals surface area contributed by atoms with Crippen molar-refractivity contribution < 1.29 is 4.79 Å². The molecule has 0 aliphatic carbocycles. The van der Waals surface area contributed by atoms with E-state index in [1.54, 1.807) is 4.57 Å². The molecule has 4 rings (SSSR count). The molecule has 1 aliphatic heterocycles. The summed E-state index contributed by atoms with van der Waals surface area (Å²) >= 11 is 0. The first kappa shape index (κ1) is 17.4. The Morgan fingerprint density at radius 3 is 2.56 bits per heavy atom. The van der Waals surface area contributed by atoms with Crippen LogP contribution in [0.15, 0.2) is 53.3 Å². The molecule has 1 aromatic heterocycles. The summed E-state index contributed by atoms with van der Waals surface area (Å²) in [7, 11) is 0. The van der Waals surface area contributed by atoms with E-state index in [-0.39, 0.29) is 11.6 Å². The van der Waals surface area contributed by atoms with E-state index in [0.29, 0.717) is 25.1 Å². The van der Waals surface area contributed by atoms with Gasteiger partial charge in [-0.25, -0.2) is 4.79 Å². The van der Waals surface area contributed by atoms with Crippen LogP contribution in [0.4, 0.5) is 5.69 Å². The van der Waals surface area contributed by atoms with Crippen molar-refractivity contribution in [2.24, 2.45) is 0 Å². The maximum atomic E-state index is 12.3. The highest BCUT2D eigenvalue weighted by molar-refractivity contribution is 5.94. The van der Waals surface area contributed by atoms with Crippen LogP contribution in [-0.2, 0) is 6.54 Å². The third kappa shape index (κ3) is 3.74. The molecule has 1 fully saturated rings. The third-order valence-electron chi connectivity index (χ3n) is 5.13. The van der Waals surface area contributed by atoms with Gasteiger partial charge in [-0.2, -0.15) is 0 Å². The number of aromatic nitrogens is 2. The molecule has 6 nitrogen and oxygen atoms in total. The number of nitrogens with zero attached hydrogens (tertiary/aromatic N) is 2. The number of imidazole rings is 1. The Labute approximate surface area is 157 Å². The number of fused-ring (bicyclic) bond motifs is 1. The van der Waals surface area contributed by atoms with E-state index in [0.717, 1.165) is 24.1 Å². The Morgan fingerprint density at radius 2 is 1.78 bits per heavy atom. The van der Waals surface area contributed by atoms with E-state index < -0.39 is 0 Å². The lowest BCUT2D eigenvalue weighted by molar-refractivity contribution is 0.0953. The summed E-state index contributed by atoms with van der Waals surface area (Å²) in [5.41, 5.74) is 3.47. The largest absolute Gasteiger partial charge is 0.372 e. The lowest BCUT2D eigenvalue weighted by Gasteiger charge is -2.17. The minimum Gasteiger partial charge on any atom is -0.372 e. The van der Waals surface area contributed by atoms with Crippen molar-refractivity contribution in [1.82, 2.24) is 14.9 Å². The first-order chi connectivity index (χ1) is 13.2. The van der Waals surface area contributed by atoms with Crippen molar-refractivity contribution in [3.8, 4) is 0 Å². The van der Waals surface area contributed by atoms with E-state index in [1.807, 2.05) is 48.5 Å². The topological polar surface area (TPSA) is 70.1 Å². The minimum atomic E-state index is -0.111. The molecule has 0 saturated carbocycles. The molecule has 0 unspecified atom stereocenters. The second-order valence-electron chi connectivity index (χ2n) is 6.95. The Bertz CT molecular complexity index is 981. The van der Waals surface area contributed by atoms with Gasteiger partial charge in [-0.1, -0.05) is 12.1 Å².